The van der Waals surface area contributed by atoms with Crippen LogP contribution in [0.15, 0.2) is 109 Å². The van der Waals surface area contributed by atoms with Gasteiger partial charge in [0.2, 0.25) is 0 Å². The van der Waals surface area contributed by atoms with Gasteiger partial charge in [0.1, 0.15) is 23.9 Å². The minimum absolute atomic E-state index is 0.0605. The highest BCUT2D eigenvalue weighted by Gasteiger charge is 2.34. The predicted molar refractivity (Wildman–Crippen MR) is 164 cm³/mol. The molecule has 1 saturated heterocycles. The van der Waals surface area contributed by atoms with Crippen molar-refractivity contribution in [3.8, 4) is 5.75 Å². The van der Waals surface area contributed by atoms with E-state index < -0.39 is 29.3 Å². The Kier molecular flexibility index (Phi) is 10.9. The number of hydrogen-bond acceptors (Lipinski definition) is 8. The zero-order valence-corrected chi connectivity index (χ0v) is 23.9. The molecule has 0 bridgehead atoms. The highest BCUT2D eigenvalue weighted by molar-refractivity contribution is 6.11. The fourth-order valence-electron chi connectivity index (χ4n) is 4.36. The van der Waals surface area contributed by atoms with Gasteiger partial charge in [0.15, 0.2) is 0 Å². The molecule has 44 heavy (non-hydrogen) atoms. The Morgan fingerprint density at radius 1 is 1.11 bits per heavy atom. The van der Waals surface area contributed by atoms with Gasteiger partial charge in [0, 0.05) is 59.6 Å². The summed E-state index contributed by atoms with van der Waals surface area (Å²) in [6.07, 6.45) is 2.15. The molecular weight excluding hydrogens is 573 g/mol. The van der Waals surface area contributed by atoms with Gasteiger partial charge in [-0.3, -0.25) is 14.7 Å². The third-order valence-corrected chi connectivity index (χ3v) is 6.67. The number of carbonyl (C=O) groups is 1. The standard InChI is InChI=1S/C32H33F3N6O3/c1-2-22(9-12-30(37)40-29(32(33,34)35)20-26(36)23-6-5-13-38-21-23)31(42)39-27-10-11-28(25-8-4-3-7-24(25)27)44-19-16-41-14-17-43-18-15-41/h2-13,20-21,36,40H,1,14-19,37H2,(H,39,42)/b22-9+,29-20-,30-12+,36-26?. The number of allylic oxidation sites excluding steroid dienone is 4. The Labute approximate surface area is 253 Å². The number of carbonyl (C=O) groups excluding carboxylic acids is 1. The molecule has 5 N–H and O–H groups in total. The van der Waals surface area contributed by atoms with E-state index in [4.69, 9.17) is 20.6 Å². The van der Waals surface area contributed by atoms with Crippen molar-refractivity contribution in [3.05, 3.63) is 114 Å². The number of nitrogens with zero attached hydrogens (tertiary/aromatic N) is 2. The predicted octanol–water partition coefficient (Wildman–Crippen LogP) is 4.90. The van der Waals surface area contributed by atoms with Crippen LogP contribution >= 0.6 is 0 Å². The van der Waals surface area contributed by atoms with Crippen LogP contribution in [0.4, 0.5) is 18.9 Å². The van der Waals surface area contributed by atoms with E-state index in [1.54, 1.807) is 12.1 Å². The molecule has 12 heteroatoms. The molecule has 3 aromatic rings. The number of benzene rings is 2. The van der Waals surface area contributed by atoms with Gasteiger partial charge in [-0.2, -0.15) is 13.2 Å². The van der Waals surface area contributed by atoms with Gasteiger partial charge in [-0.25, -0.2) is 0 Å². The highest BCUT2D eigenvalue weighted by Crippen LogP contribution is 2.32. The van der Waals surface area contributed by atoms with E-state index >= 15 is 0 Å². The van der Waals surface area contributed by atoms with Crippen LogP contribution in [0, 0.1) is 5.41 Å². The van der Waals surface area contributed by atoms with Crippen LogP contribution in [0.5, 0.6) is 5.75 Å². The number of morpholine rings is 1. The maximum Gasteiger partial charge on any atom is 0.431 e. The lowest BCUT2D eigenvalue weighted by molar-refractivity contribution is -0.112. The number of amides is 1. The van der Waals surface area contributed by atoms with Crippen molar-refractivity contribution >= 4 is 28.1 Å². The minimum atomic E-state index is -4.82. The van der Waals surface area contributed by atoms with Crippen molar-refractivity contribution in [1.82, 2.24) is 15.2 Å². The van der Waals surface area contributed by atoms with Crippen LogP contribution in [0.1, 0.15) is 5.56 Å². The minimum Gasteiger partial charge on any atom is -0.492 e. The smallest absolute Gasteiger partial charge is 0.431 e. The summed E-state index contributed by atoms with van der Waals surface area (Å²) < 4.78 is 52.4. The quantitative estimate of drug-likeness (QED) is 0.131. The zero-order chi connectivity index (χ0) is 31.5. The van der Waals surface area contributed by atoms with Crippen molar-refractivity contribution in [2.45, 2.75) is 6.18 Å². The molecule has 4 rings (SSSR count). The van der Waals surface area contributed by atoms with Crippen molar-refractivity contribution in [1.29, 1.82) is 5.41 Å². The summed E-state index contributed by atoms with van der Waals surface area (Å²) in [5.74, 6) is -0.262. The molecule has 0 saturated carbocycles. The molecule has 2 heterocycles. The normalized spacial score (nSPS) is 15.1. The van der Waals surface area contributed by atoms with E-state index in [1.807, 2.05) is 24.3 Å². The van der Waals surface area contributed by atoms with Crippen LogP contribution in [0.25, 0.3) is 10.8 Å². The van der Waals surface area contributed by atoms with Gasteiger partial charge < -0.3 is 31.3 Å². The lowest BCUT2D eigenvalue weighted by atomic mass is 10.1. The average Bonchev–Trinajstić information content (AvgIpc) is 3.02. The zero-order valence-electron chi connectivity index (χ0n) is 23.9. The first-order valence-corrected chi connectivity index (χ1v) is 13.8. The van der Waals surface area contributed by atoms with E-state index in [-0.39, 0.29) is 11.1 Å². The molecule has 0 radical (unpaired) electrons. The maximum absolute atomic E-state index is 13.7. The number of hydrogen-bond donors (Lipinski definition) is 4. The molecular formula is C32H33F3N6O3. The van der Waals surface area contributed by atoms with Crippen LogP contribution < -0.4 is 21.1 Å². The lowest BCUT2D eigenvalue weighted by Crippen LogP contribution is -2.38. The van der Waals surface area contributed by atoms with E-state index in [9.17, 15) is 18.0 Å². The van der Waals surface area contributed by atoms with Crippen molar-refractivity contribution in [2.24, 2.45) is 5.73 Å². The number of fused-ring (bicyclic) bond motifs is 1. The van der Waals surface area contributed by atoms with Crippen molar-refractivity contribution in [2.75, 3.05) is 44.8 Å². The second-order valence-corrected chi connectivity index (χ2v) is 9.70. The fourth-order valence-corrected chi connectivity index (χ4v) is 4.36. The van der Waals surface area contributed by atoms with Crippen LogP contribution in [-0.2, 0) is 9.53 Å². The third-order valence-electron chi connectivity index (χ3n) is 6.67. The van der Waals surface area contributed by atoms with E-state index in [1.165, 1.54) is 36.7 Å². The molecule has 1 aliphatic rings. The number of rotatable bonds is 12. The number of ether oxygens (including phenoxy) is 2. The van der Waals surface area contributed by atoms with E-state index in [0.717, 1.165) is 36.5 Å². The Hall–Kier alpha value is -4.94. The third kappa shape index (κ3) is 8.79. The van der Waals surface area contributed by atoms with Crippen LogP contribution in [0.2, 0.25) is 0 Å². The van der Waals surface area contributed by atoms with Crippen molar-refractivity contribution < 1.29 is 27.4 Å². The Balaban J connectivity index is 1.46. The first kappa shape index (κ1) is 32.0. The molecule has 9 nitrogen and oxygen atoms in total. The van der Waals surface area contributed by atoms with Gasteiger partial charge in [0.25, 0.3) is 5.91 Å². The molecule has 2 aromatic carbocycles. The summed E-state index contributed by atoms with van der Waals surface area (Å²) >= 11 is 0. The summed E-state index contributed by atoms with van der Waals surface area (Å²) in [7, 11) is 0. The second-order valence-electron chi connectivity index (χ2n) is 9.70. The van der Waals surface area contributed by atoms with Crippen LogP contribution in [0.3, 0.4) is 0 Å². The van der Waals surface area contributed by atoms with Gasteiger partial charge in [0.05, 0.1) is 18.9 Å². The Morgan fingerprint density at radius 2 is 1.86 bits per heavy atom. The number of alkyl halides is 3. The van der Waals surface area contributed by atoms with Gasteiger partial charge in [-0.05, 0) is 42.5 Å². The Bertz CT molecular complexity index is 1580. The number of pyridine rings is 1. The van der Waals surface area contributed by atoms with Gasteiger partial charge >= 0.3 is 6.18 Å². The summed E-state index contributed by atoms with van der Waals surface area (Å²) in [5, 5.41) is 14.5. The summed E-state index contributed by atoms with van der Waals surface area (Å²) in [6, 6.07) is 14.0. The van der Waals surface area contributed by atoms with Gasteiger partial charge in [-0.15, -0.1) is 0 Å². The molecule has 1 aliphatic heterocycles. The second kappa shape index (κ2) is 15.0. The highest BCUT2D eigenvalue weighted by atomic mass is 19.4. The molecule has 1 amide bonds. The number of nitrogens with one attached hydrogen (secondary N) is 3. The Morgan fingerprint density at radius 3 is 2.55 bits per heavy atom. The molecule has 1 aromatic heterocycles. The number of halogens is 3. The van der Waals surface area contributed by atoms with Crippen LogP contribution in [-0.4, -0.2) is 67.1 Å². The summed E-state index contributed by atoms with van der Waals surface area (Å²) in [6.45, 7) is 8.06. The van der Waals surface area contributed by atoms with E-state index in [2.05, 4.69) is 27.1 Å². The number of nitrogens with two attached hydrogens (primary N) is 1. The first-order chi connectivity index (χ1) is 21.2. The average molecular weight is 607 g/mol. The number of anilines is 1. The fraction of sp³-hybridized carbons (Fsp3) is 0.219. The van der Waals surface area contributed by atoms with Crippen molar-refractivity contribution in [3.63, 3.8) is 0 Å². The van der Waals surface area contributed by atoms with E-state index in [0.29, 0.717) is 37.3 Å². The molecule has 0 atom stereocenters. The van der Waals surface area contributed by atoms with Gasteiger partial charge in [-0.1, -0.05) is 36.9 Å². The molecule has 1 fully saturated rings. The number of aromatic nitrogens is 1. The molecule has 0 unspecified atom stereocenters. The maximum atomic E-state index is 13.7. The molecule has 230 valence electrons. The lowest BCUT2D eigenvalue weighted by Gasteiger charge is -2.26. The first-order valence-electron chi connectivity index (χ1n) is 13.8. The topological polar surface area (TPSA) is 126 Å². The molecule has 0 aliphatic carbocycles. The summed E-state index contributed by atoms with van der Waals surface area (Å²) in [5.41, 5.74) is 4.93. The summed E-state index contributed by atoms with van der Waals surface area (Å²) in [4.78, 5) is 19.2. The monoisotopic (exact) mass is 606 g/mol. The molecule has 0 spiro atoms. The largest absolute Gasteiger partial charge is 0.492 e. The SMILES string of the molecule is C=C/C(=C\C=C(/N)N/C(=C\C(=N)c1cccnc1)C(F)(F)F)C(=O)Nc1ccc(OCCN2CCOCC2)c2ccccc12.